The van der Waals surface area contributed by atoms with Crippen molar-refractivity contribution < 1.29 is 23.1 Å². The van der Waals surface area contributed by atoms with Crippen molar-refractivity contribution in [2.24, 2.45) is 7.05 Å². The van der Waals surface area contributed by atoms with Gasteiger partial charge in [0.1, 0.15) is 0 Å². The molecule has 1 aromatic heterocycles. The number of amides is 2. The van der Waals surface area contributed by atoms with Gasteiger partial charge in [0.25, 0.3) is 18.2 Å². The van der Waals surface area contributed by atoms with Crippen LogP contribution in [0.1, 0.15) is 55.1 Å². The molecule has 4 aromatic carbocycles. The van der Waals surface area contributed by atoms with Crippen LogP contribution in [0.25, 0.3) is 11.3 Å². The summed E-state index contributed by atoms with van der Waals surface area (Å²) in [4.78, 5) is 35.2. The Bertz CT molecular complexity index is 2060. The van der Waals surface area contributed by atoms with Crippen LogP contribution in [0.15, 0.2) is 103 Å². The Hall–Kier alpha value is -4.83. The minimum atomic E-state index is -2.87. The average Bonchev–Trinajstić information content (AvgIpc) is 3.46. The van der Waals surface area contributed by atoms with Gasteiger partial charge in [0.05, 0.1) is 35.9 Å². The second-order valence-corrected chi connectivity index (χ2v) is 13.9. The molecule has 7 nitrogen and oxygen atoms in total. The van der Waals surface area contributed by atoms with Gasteiger partial charge in [-0.15, -0.1) is 0 Å². The number of aromatic nitrogens is 1. The standard InChI is InChI=1S/C42H41ClF2N4O3/c1-28-34(41(50)48(32-15-7-4-8-16-32)25-29-11-5-3-6-12-29)24-39(46(28)2)35-22-37(40(44)45)38(43)23-36(35)42(51)49-26-31-14-10-9-13-30(31)21-33(49)27-47-17-19-52-20-18-47/h3-16,22-24,33,40H,17-21,25-27H2,1-2H3. The van der Waals surface area contributed by atoms with Gasteiger partial charge < -0.3 is 19.1 Å². The molecule has 0 spiro atoms. The molecule has 1 atom stereocenters. The number of ether oxygens (including phenoxy) is 1. The molecule has 1 unspecified atom stereocenters. The second-order valence-electron chi connectivity index (χ2n) is 13.5. The zero-order chi connectivity index (χ0) is 36.4. The maximum atomic E-state index is 14.9. The molecule has 268 valence electrons. The van der Waals surface area contributed by atoms with Gasteiger partial charge in [-0.3, -0.25) is 14.5 Å². The van der Waals surface area contributed by atoms with Crippen molar-refractivity contribution in [3.63, 3.8) is 0 Å². The van der Waals surface area contributed by atoms with E-state index in [9.17, 15) is 18.4 Å². The second kappa shape index (κ2) is 15.4. The van der Waals surface area contributed by atoms with Crippen LogP contribution in [-0.4, -0.2) is 65.1 Å². The monoisotopic (exact) mass is 722 g/mol. The summed E-state index contributed by atoms with van der Waals surface area (Å²) in [5, 5.41) is -0.176. The first kappa shape index (κ1) is 35.6. The molecular formula is C42H41ClF2N4O3. The van der Waals surface area contributed by atoms with E-state index in [0.29, 0.717) is 61.8 Å². The van der Waals surface area contributed by atoms with Crippen molar-refractivity contribution in [1.82, 2.24) is 14.4 Å². The predicted octanol–water partition coefficient (Wildman–Crippen LogP) is 8.34. The van der Waals surface area contributed by atoms with Crippen LogP contribution in [0.5, 0.6) is 0 Å². The highest BCUT2D eigenvalue weighted by atomic mass is 35.5. The van der Waals surface area contributed by atoms with Crippen molar-refractivity contribution in [2.75, 3.05) is 37.7 Å². The number of nitrogens with zero attached hydrogens (tertiary/aromatic N) is 4. The van der Waals surface area contributed by atoms with Crippen LogP contribution < -0.4 is 4.90 Å². The van der Waals surface area contributed by atoms with Gasteiger partial charge in [-0.25, -0.2) is 8.78 Å². The number of benzene rings is 4. The summed E-state index contributed by atoms with van der Waals surface area (Å²) in [5.74, 6) is -0.546. The Morgan fingerprint density at radius 1 is 0.885 bits per heavy atom. The first-order chi connectivity index (χ1) is 25.2. The number of fused-ring (bicyclic) bond motifs is 1. The number of carbonyl (C=O) groups excluding carboxylic acids is 2. The number of alkyl halides is 2. The van der Waals surface area contributed by atoms with Gasteiger partial charge in [-0.1, -0.05) is 84.4 Å². The molecule has 2 aliphatic heterocycles. The number of anilines is 1. The van der Waals surface area contributed by atoms with Crippen LogP contribution in [-0.2, 0) is 31.3 Å². The average molecular weight is 723 g/mol. The summed E-state index contributed by atoms with van der Waals surface area (Å²) in [6, 6.07) is 31.5. The Labute approximate surface area is 308 Å². The predicted molar refractivity (Wildman–Crippen MR) is 200 cm³/mol. The number of hydrogen-bond acceptors (Lipinski definition) is 4. The molecule has 2 amide bonds. The number of rotatable bonds is 9. The van der Waals surface area contributed by atoms with E-state index in [1.165, 1.54) is 17.7 Å². The Morgan fingerprint density at radius 3 is 2.23 bits per heavy atom. The molecule has 5 aromatic rings. The summed E-state index contributed by atoms with van der Waals surface area (Å²) < 4.78 is 36.3. The molecule has 0 aliphatic carbocycles. The lowest BCUT2D eigenvalue weighted by Crippen LogP contribution is -2.52. The van der Waals surface area contributed by atoms with E-state index in [0.717, 1.165) is 29.9 Å². The van der Waals surface area contributed by atoms with E-state index in [2.05, 4.69) is 11.0 Å². The van der Waals surface area contributed by atoms with Crippen LogP contribution in [0.2, 0.25) is 5.02 Å². The molecule has 7 rings (SSSR count). The molecule has 52 heavy (non-hydrogen) atoms. The fourth-order valence-electron chi connectivity index (χ4n) is 7.34. The Balaban J connectivity index is 1.30. The van der Waals surface area contributed by atoms with E-state index in [1.54, 1.807) is 22.6 Å². The lowest BCUT2D eigenvalue weighted by atomic mass is 9.91. The molecule has 3 heterocycles. The summed E-state index contributed by atoms with van der Waals surface area (Å²) in [7, 11) is 1.79. The first-order valence-corrected chi connectivity index (χ1v) is 17.9. The highest BCUT2D eigenvalue weighted by Gasteiger charge is 2.35. The van der Waals surface area contributed by atoms with Crippen molar-refractivity contribution in [3.05, 3.63) is 147 Å². The molecular weight excluding hydrogens is 682 g/mol. The van der Waals surface area contributed by atoms with Gasteiger partial charge in [-0.05, 0) is 60.4 Å². The maximum absolute atomic E-state index is 14.9. The minimum absolute atomic E-state index is 0.161. The number of hydrogen-bond donors (Lipinski definition) is 0. The fourth-order valence-corrected chi connectivity index (χ4v) is 7.59. The lowest BCUT2D eigenvalue weighted by molar-refractivity contribution is 0.0193. The van der Waals surface area contributed by atoms with Gasteiger partial charge in [0, 0.05) is 67.5 Å². The topological polar surface area (TPSA) is 58.0 Å². The normalized spacial score (nSPS) is 16.2. The van der Waals surface area contributed by atoms with Crippen LogP contribution in [0, 0.1) is 6.92 Å². The maximum Gasteiger partial charge on any atom is 0.265 e. The summed E-state index contributed by atoms with van der Waals surface area (Å²) >= 11 is 6.51. The van der Waals surface area contributed by atoms with Crippen molar-refractivity contribution in [3.8, 4) is 11.3 Å². The number of halogens is 3. The van der Waals surface area contributed by atoms with Gasteiger partial charge in [0.2, 0.25) is 0 Å². The number of carbonyl (C=O) groups is 2. The Kier molecular flexibility index (Phi) is 10.5. The summed E-state index contributed by atoms with van der Waals surface area (Å²) in [6.45, 7) is 5.98. The van der Waals surface area contributed by atoms with Crippen molar-refractivity contribution in [1.29, 1.82) is 0 Å². The molecule has 2 aliphatic rings. The third kappa shape index (κ3) is 7.26. The van der Waals surface area contributed by atoms with E-state index < -0.39 is 6.43 Å². The highest BCUT2D eigenvalue weighted by Crippen LogP contribution is 2.38. The third-order valence-electron chi connectivity index (χ3n) is 10.3. The number of morpholine rings is 1. The van der Waals surface area contributed by atoms with Gasteiger partial charge >= 0.3 is 0 Å². The zero-order valence-corrected chi connectivity index (χ0v) is 30.0. The van der Waals surface area contributed by atoms with E-state index in [-0.39, 0.29) is 34.0 Å². The third-order valence-corrected chi connectivity index (χ3v) is 10.7. The largest absolute Gasteiger partial charge is 0.379 e. The van der Waals surface area contributed by atoms with Crippen molar-refractivity contribution in [2.45, 2.75) is 38.9 Å². The van der Waals surface area contributed by atoms with E-state index in [1.807, 2.05) is 90.7 Å². The first-order valence-electron chi connectivity index (χ1n) is 17.6. The Morgan fingerprint density at radius 2 is 1.54 bits per heavy atom. The number of para-hydroxylation sites is 1. The molecule has 1 fully saturated rings. The van der Waals surface area contributed by atoms with E-state index >= 15 is 0 Å². The molecule has 0 bridgehead atoms. The summed E-state index contributed by atoms with van der Waals surface area (Å²) in [6.07, 6.45) is -2.20. The highest BCUT2D eigenvalue weighted by molar-refractivity contribution is 6.32. The lowest BCUT2D eigenvalue weighted by Gasteiger charge is -2.40. The van der Waals surface area contributed by atoms with Crippen LogP contribution in [0.4, 0.5) is 14.5 Å². The smallest absolute Gasteiger partial charge is 0.265 e. The fraction of sp³-hybridized carbons (Fsp3) is 0.286. The molecule has 0 N–H and O–H groups in total. The molecule has 10 heteroatoms. The van der Waals surface area contributed by atoms with Gasteiger partial charge in [-0.2, -0.15) is 0 Å². The quantitative estimate of drug-likeness (QED) is 0.154. The van der Waals surface area contributed by atoms with Crippen LogP contribution >= 0.6 is 11.6 Å². The molecule has 0 saturated carbocycles. The van der Waals surface area contributed by atoms with E-state index in [4.69, 9.17) is 16.3 Å². The molecule has 1 saturated heterocycles. The van der Waals surface area contributed by atoms with Crippen molar-refractivity contribution >= 4 is 29.1 Å². The molecule has 0 radical (unpaired) electrons. The SMILES string of the molecule is Cc1c(C(=O)N(Cc2ccccc2)c2ccccc2)cc(-c2cc(C(F)F)c(Cl)cc2C(=O)N2Cc3ccccc3CC2CN2CCOCC2)n1C. The van der Waals surface area contributed by atoms with Gasteiger partial charge in [0.15, 0.2) is 0 Å². The summed E-state index contributed by atoms with van der Waals surface area (Å²) in [5.41, 5.74) is 5.57. The minimum Gasteiger partial charge on any atom is -0.379 e. The van der Waals surface area contributed by atoms with Crippen LogP contribution in [0.3, 0.4) is 0 Å². The zero-order valence-electron chi connectivity index (χ0n) is 29.3.